The van der Waals surface area contributed by atoms with Crippen molar-refractivity contribution in [1.29, 1.82) is 0 Å². The van der Waals surface area contributed by atoms with Crippen LogP contribution in [0, 0.1) is 23.7 Å². The molecule has 1 aliphatic carbocycles. The van der Waals surface area contributed by atoms with Crippen LogP contribution in [0.2, 0.25) is 0 Å². The molecule has 2 aliphatic rings. The molecule has 0 amide bonds. The molecule has 5 heteroatoms. The molecule has 0 spiro atoms. The molecule has 0 bridgehead atoms. The first-order chi connectivity index (χ1) is 13.3. The van der Waals surface area contributed by atoms with Crippen molar-refractivity contribution in [1.82, 2.24) is 4.90 Å². The number of aliphatic hydroxyl groups is 2. The largest absolute Gasteiger partial charge is 0.393 e. The summed E-state index contributed by atoms with van der Waals surface area (Å²) in [5, 5.41) is 21.2. The molecule has 0 aromatic rings. The molecule has 0 radical (unpaired) electrons. The topological polar surface area (TPSA) is 43.7 Å². The summed E-state index contributed by atoms with van der Waals surface area (Å²) in [6.45, 7) is 7.72. The van der Waals surface area contributed by atoms with Crippen molar-refractivity contribution < 1.29 is 14.6 Å². The molecule has 2 N–H and O–H groups in total. The Morgan fingerprint density at radius 3 is 2.29 bits per heavy atom. The summed E-state index contributed by atoms with van der Waals surface area (Å²) in [4.78, 5) is 2.19. The zero-order valence-electron chi connectivity index (χ0n) is 18.0. The first kappa shape index (κ1) is 24.1. The lowest BCUT2D eigenvalue weighted by molar-refractivity contribution is -0.0843. The van der Waals surface area contributed by atoms with E-state index >= 15 is 0 Å². The molecule has 3 nitrogen and oxygen atoms in total. The van der Waals surface area contributed by atoms with Crippen molar-refractivity contribution in [3.05, 3.63) is 11.9 Å². The lowest BCUT2D eigenvalue weighted by Crippen LogP contribution is -2.47. The second-order valence-corrected chi connectivity index (χ2v) is 9.89. The molecule has 0 aromatic heterocycles. The van der Waals surface area contributed by atoms with Crippen molar-refractivity contribution >= 4 is 11.6 Å². The van der Waals surface area contributed by atoms with E-state index < -0.39 is 11.6 Å². The molecule has 2 fully saturated rings. The van der Waals surface area contributed by atoms with Crippen LogP contribution in [0.5, 0.6) is 0 Å². The zero-order chi connectivity index (χ0) is 20.7. The van der Waals surface area contributed by atoms with Gasteiger partial charge in [-0.3, -0.25) is 4.90 Å². The standard InChI is InChI=1S/C23H41ClFNO2/c1-4-21(25)20(24)10-9-17-11-13-26(14-12-17)23(28)19(16(2)3)15-22(27)18-7-5-6-8-18/h4,16-20,22-23,27-28H,5-15H2,1-3H3/b21-4+/t19-,20?,22?,23?/m1/s1. The molecule has 0 aromatic carbocycles. The van der Waals surface area contributed by atoms with E-state index in [9.17, 15) is 14.6 Å². The van der Waals surface area contributed by atoms with Crippen LogP contribution < -0.4 is 0 Å². The van der Waals surface area contributed by atoms with Gasteiger partial charge in [0, 0.05) is 19.0 Å². The highest BCUT2D eigenvalue weighted by atomic mass is 35.5. The number of allylic oxidation sites excluding steroid dienone is 2. The monoisotopic (exact) mass is 417 g/mol. The highest BCUT2D eigenvalue weighted by Gasteiger charge is 2.34. The van der Waals surface area contributed by atoms with Crippen LogP contribution >= 0.6 is 11.6 Å². The normalized spacial score (nSPS) is 25.2. The van der Waals surface area contributed by atoms with Gasteiger partial charge in [-0.15, -0.1) is 11.6 Å². The third-order valence-corrected chi connectivity index (χ3v) is 7.55. The van der Waals surface area contributed by atoms with E-state index in [0.717, 1.165) is 45.2 Å². The van der Waals surface area contributed by atoms with Crippen LogP contribution in [-0.4, -0.2) is 45.9 Å². The lowest BCUT2D eigenvalue weighted by atomic mass is 9.83. The van der Waals surface area contributed by atoms with Gasteiger partial charge in [-0.2, -0.15) is 0 Å². The molecule has 28 heavy (non-hydrogen) atoms. The van der Waals surface area contributed by atoms with Gasteiger partial charge >= 0.3 is 0 Å². The molecule has 1 heterocycles. The average molecular weight is 418 g/mol. The second-order valence-electron chi connectivity index (χ2n) is 9.37. The zero-order valence-corrected chi connectivity index (χ0v) is 18.8. The third-order valence-electron chi connectivity index (χ3n) is 7.12. The van der Waals surface area contributed by atoms with Crippen LogP contribution in [0.3, 0.4) is 0 Å². The van der Waals surface area contributed by atoms with Gasteiger partial charge in [0.1, 0.15) is 12.1 Å². The van der Waals surface area contributed by atoms with E-state index in [1.54, 1.807) is 6.92 Å². The molecule has 1 saturated carbocycles. The average Bonchev–Trinajstić information content (AvgIpc) is 3.24. The van der Waals surface area contributed by atoms with Crippen molar-refractivity contribution in [2.24, 2.45) is 23.7 Å². The summed E-state index contributed by atoms with van der Waals surface area (Å²) in [5.41, 5.74) is 0. The Kier molecular flexibility index (Phi) is 10.2. The van der Waals surface area contributed by atoms with Crippen LogP contribution in [-0.2, 0) is 0 Å². The number of aliphatic hydroxyl groups excluding tert-OH is 2. The van der Waals surface area contributed by atoms with Gasteiger partial charge in [-0.25, -0.2) is 4.39 Å². The summed E-state index contributed by atoms with van der Waals surface area (Å²) >= 11 is 6.09. The number of likely N-dealkylation sites (tertiary alicyclic amines) is 1. The number of alkyl halides is 1. The fourth-order valence-electron chi connectivity index (χ4n) is 5.03. The number of piperidine rings is 1. The fourth-order valence-corrected chi connectivity index (χ4v) is 5.28. The van der Waals surface area contributed by atoms with Crippen molar-refractivity contribution in [2.45, 2.75) is 96.3 Å². The van der Waals surface area contributed by atoms with Gasteiger partial charge in [0.15, 0.2) is 0 Å². The molecule has 1 aliphatic heterocycles. The maximum absolute atomic E-state index is 13.5. The van der Waals surface area contributed by atoms with E-state index in [2.05, 4.69) is 18.7 Å². The van der Waals surface area contributed by atoms with Crippen LogP contribution in [0.15, 0.2) is 11.9 Å². The molecule has 164 valence electrons. The minimum absolute atomic E-state index is 0.100. The maximum Gasteiger partial charge on any atom is 0.113 e. The Hall–Kier alpha value is -0.160. The highest BCUT2D eigenvalue weighted by Crippen LogP contribution is 2.34. The van der Waals surface area contributed by atoms with E-state index in [1.807, 2.05) is 0 Å². The third kappa shape index (κ3) is 6.97. The summed E-state index contributed by atoms with van der Waals surface area (Å²) in [7, 11) is 0. The fraction of sp³-hybridized carbons (Fsp3) is 0.913. The minimum atomic E-state index is -0.504. The maximum atomic E-state index is 13.5. The molecule has 2 rings (SSSR count). The Bertz CT molecular complexity index is 473. The van der Waals surface area contributed by atoms with Gasteiger partial charge < -0.3 is 10.2 Å². The molecular weight excluding hydrogens is 377 g/mol. The van der Waals surface area contributed by atoms with Gasteiger partial charge in [-0.1, -0.05) is 32.8 Å². The summed E-state index contributed by atoms with van der Waals surface area (Å²) in [6.07, 6.45) is 9.73. The Balaban J connectivity index is 1.80. The Morgan fingerprint density at radius 2 is 1.75 bits per heavy atom. The van der Waals surface area contributed by atoms with E-state index in [-0.39, 0.29) is 17.8 Å². The minimum Gasteiger partial charge on any atom is -0.393 e. The van der Waals surface area contributed by atoms with Gasteiger partial charge in [0.25, 0.3) is 0 Å². The first-order valence-electron chi connectivity index (χ1n) is 11.4. The van der Waals surface area contributed by atoms with E-state index in [4.69, 9.17) is 11.6 Å². The van der Waals surface area contributed by atoms with E-state index in [1.165, 1.54) is 18.9 Å². The molecular formula is C23H41ClFNO2. The van der Waals surface area contributed by atoms with Crippen LogP contribution in [0.4, 0.5) is 4.39 Å². The number of hydrogen-bond acceptors (Lipinski definition) is 3. The van der Waals surface area contributed by atoms with Gasteiger partial charge in [0.05, 0.1) is 11.5 Å². The molecule has 1 saturated heterocycles. The van der Waals surface area contributed by atoms with Gasteiger partial charge in [0.2, 0.25) is 0 Å². The molecule has 3 unspecified atom stereocenters. The SMILES string of the molecule is C/C=C(/F)C(Cl)CCC1CCN(C(O)[C@H](CC(O)C2CCCC2)C(C)C)CC1. The van der Waals surface area contributed by atoms with Gasteiger partial charge in [-0.05, 0) is 69.6 Å². The van der Waals surface area contributed by atoms with Crippen LogP contribution in [0.1, 0.15) is 78.6 Å². The number of halogens is 2. The summed E-state index contributed by atoms with van der Waals surface area (Å²) < 4.78 is 13.5. The van der Waals surface area contributed by atoms with E-state index in [0.29, 0.717) is 30.6 Å². The molecule has 4 atom stereocenters. The first-order valence-corrected chi connectivity index (χ1v) is 11.8. The smallest absolute Gasteiger partial charge is 0.113 e. The number of nitrogens with zero attached hydrogens (tertiary/aromatic N) is 1. The summed E-state index contributed by atoms with van der Waals surface area (Å²) in [5.74, 6) is 1.18. The predicted molar refractivity (Wildman–Crippen MR) is 115 cm³/mol. The summed E-state index contributed by atoms with van der Waals surface area (Å²) in [6, 6.07) is 0. The van der Waals surface area contributed by atoms with Crippen molar-refractivity contribution in [2.75, 3.05) is 13.1 Å². The quantitative estimate of drug-likeness (QED) is 0.462. The second kappa shape index (κ2) is 11.9. The Morgan fingerprint density at radius 1 is 1.14 bits per heavy atom. The highest BCUT2D eigenvalue weighted by molar-refractivity contribution is 6.22. The van der Waals surface area contributed by atoms with Crippen molar-refractivity contribution in [3.63, 3.8) is 0 Å². The Labute approximate surface area is 176 Å². The lowest BCUT2D eigenvalue weighted by Gasteiger charge is -2.40. The van der Waals surface area contributed by atoms with Crippen LogP contribution in [0.25, 0.3) is 0 Å². The number of rotatable bonds is 10. The predicted octanol–water partition coefficient (Wildman–Crippen LogP) is 5.49. The van der Waals surface area contributed by atoms with Crippen molar-refractivity contribution in [3.8, 4) is 0 Å². The number of hydrogen-bond donors (Lipinski definition) is 2.